The number of piperidine rings is 1. The van der Waals surface area contributed by atoms with E-state index in [4.69, 9.17) is 4.74 Å². The van der Waals surface area contributed by atoms with Gasteiger partial charge in [0.25, 0.3) is 5.91 Å². The molecule has 1 fully saturated rings. The third-order valence-electron chi connectivity index (χ3n) is 3.93. The van der Waals surface area contributed by atoms with Crippen LogP contribution in [0.5, 0.6) is 0 Å². The first-order chi connectivity index (χ1) is 11.3. The first-order valence-corrected chi connectivity index (χ1v) is 8.47. The molecular formula is C18H27N3O3. The highest BCUT2D eigenvalue weighted by Gasteiger charge is 2.28. The highest BCUT2D eigenvalue weighted by Crippen LogP contribution is 2.19. The van der Waals surface area contributed by atoms with Gasteiger partial charge in [0, 0.05) is 31.0 Å². The Hall–Kier alpha value is -2.11. The lowest BCUT2D eigenvalue weighted by Crippen LogP contribution is -2.50. The van der Waals surface area contributed by atoms with E-state index in [2.05, 4.69) is 10.3 Å². The van der Waals surface area contributed by atoms with E-state index in [0.29, 0.717) is 18.7 Å². The quantitative estimate of drug-likeness (QED) is 0.923. The van der Waals surface area contributed by atoms with Crippen LogP contribution in [0.15, 0.2) is 18.3 Å². The molecule has 132 valence electrons. The average molecular weight is 333 g/mol. The predicted octanol–water partition coefficient (Wildman–Crippen LogP) is 2.91. The van der Waals surface area contributed by atoms with Gasteiger partial charge in [-0.1, -0.05) is 0 Å². The monoisotopic (exact) mass is 333 g/mol. The lowest BCUT2D eigenvalue weighted by atomic mass is 10.0. The lowest BCUT2D eigenvalue weighted by Gasteiger charge is -2.36. The summed E-state index contributed by atoms with van der Waals surface area (Å²) < 4.78 is 5.26. The number of nitrogens with zero attached hydrogens (tertiary/aromatic N) is 2. The zero-order valence-electron chi connectivity index (χ0n) is 15.0. The molecule has 1 aliphatic rings. The number of carbonyl (C=O) groups is 2. The number of pyridine rings is 1. The molecule has 0 radical (unpaired) electrons. The summed E-state index contributed by atoms with van der Waals surface area (Å²) >= 11 is 0. The minimum Gasteiger partial charge on any atom is -0.444 e. The fourth-order valence-electron chi connectivity index (χ4n) is 2.76. The van der Waals surface area contributed by atoms with Gasteiger partial charge in [-0.25, -0.2) is 4.79 Å². The molecule has 0 bridgehead atoms. The molecule has 0 aliphatic carbocycles. The normalized spacial score (nSPS) is 18.2. The number of rotatable bonds is 3. The van der Waals surface area contributed by atoms with E-state index >= 15 is 0 Å². The Morgan fingerprint density at radius 3 is 2.71 bits per heavy atom. The van der Waals surface area contributed by atoms with Crippen LogP contribution in [0.3, 0.4) is 0 Å². The van der Waals surface area contributed by atoms with E-state index in [1.54, 1.807) is 12.3 Å². The Balaban J connectivity index is 1.98. The van der Waals surface area contributed by atoms with Gasteiger partial charge in [-0.3, -0.25) is 9.78 Å². The standard InChI is InChI=1S/C18H27N3O3/c1-13-8-9-14(11-19-13)16(22)21-10-6-5-7-15(21)12-20-17(23)24-18(2,3)4/h8-9,11,15H,5-7,10,12H2,1-4H3,(H,20,23). The molecule has 1 aliphatic heterocycles. The van der Waals surface area contributed by atoms with Crippen LogP contribution in [0.25, 0.3) is 0 Å². The number of ether oxygens (including phenoxy) is 1. The summed E-state index contributed by atoms with van der Waals surface area (Å²) in [5.41, 5.74) is 0.942. The zero-order valence-corrected chi connectivity index (χ0v) is 15.0. The number of hydrogen-bond donors (Lipinski definition) is 1. The van der Waals surface area contributed by atoms with Crippen molar-refractivity contribution in [3.8, 4) is 0 Å². The van der Waals surface area contributed by atoms with Gasteiger partial charge in [0.1, 0.15) is 5.60 Å². The summed E-state index contributed by atoms with van der Waals surface area (Å²) in [5, 5.41) is 2.78. The van der Waals surface area contributed by atoms with E-state index in [1.165, 1.54) is 0 Å². The fourth-order valence-corrected chi connectivity index (χ4v) is 2.76. The van der Waals surface area contributed by atoms with E-state index in [-0.39, 0.29) is 11.9 Å². The number of carbonyl (C=O) groups excluding carboxylic acids is 2. The molecule has 1 atom stereocenters. The Kier molecular flexibility index (Phi) is 5.80. The minimum absolute atomic E-state index is 0.0138. The van der Waals surface area contributed by atoms with Crippen molar-refractivity contribution in [3.05, 3.63) is 29.6 Å². The Bertz CT molecular complexity index is 578. The topological polar surface area (TPSA) is 71.5 Å². The zero-order chi connectivity index (χ0) is 17.7. The summed E-state index contributed by atoms with van der Waals surface area (Å²) in [4.78, 5) is 30.6. The van der Waals surface area contributed by atoms with E-state index in [1.807, 2.05) is 38.7 Å². The van der Waals surface area contributed by atoms with Crippen molar-refractivity contribution < 1.29 is 14.3 Å². The first kappa shape index (κ1) is 18.2. The number of likely N-dealkylation sites (tertiary alicyclic amines) is 1. The van der Waals surface area contributed by atoms with Crippen LogP contribution in [0, 0.1) is 6.92 Å². The number of hydrogen-bond acceptors (Lipinski definition) is 4. The fraction of sp³-hybridized carbons (Fsp3) is 0.611. The van der Waals surface area contributed by atoms with Crippen molar-refractivity contribution in [2.45, 2.75) is 58.6 Å². The van der Waals surface area contributed by atoms with Gasteiger partial charge in [-0.2, -0.15) is 0 Å². The van der Waals surface area contributed by atoms with Gasteiger partial charge in [0.05, 0.1) is 5.56 Å². The second kappa shape index (κ2) is 7.64. The molecule has 1 aromatic rings. The first-order valence-electron chi connectivity index (χ1n) is 8.47. The number of amides is 2. The van der Waals surface area contributed by atoms with Crippen LogP contribution in [-0.2, 0) is 4.74 Å². The van der Waals surface area contributed by atoms with Crippen LogP contribution < -0.4 is 5.32 Å². The van der Waals surface area contributed by atoms with Gasteiger partial charge < -0.3 is 15.0 Å². The summed E-state index contributed by atoms with van der Waals surface area (Å²) in [7, 11) is 0. The van der Waals surface area contributed by atoms with Crippen molar-refractivity contribution in [3.63, 3.8) is 0 Å². The van der Waals surface area contributed by atoms with Crippen LogP contribution >= 0.6 is 0 Å². The van der Waals surface area contributed by atoms with Crippen LogP contribution in [0.2, 0.25) is 0 Å². The van der Waals surface area contributed by atoms with Crippen molar-refractivity contribution in [1.82, 2.24) is 15.2 Å². The molecule has 1 aromatic heterocycles. The van der Waals surface area contributed by atoms with E-state index in [0.717, 1.165) is 25.0 Å². The molecule has 0 spiro atoms. The third-order valence-corrected chi connectivity index (χ3v) is 3.93. The maximum Gasteiger partial charge on any atom is 0.407 e. The van der Waals surface area contributed by atoms with Crippen LogP contribution in [-0.4, -0.2) is 46.6 Å². The van der Waals surface area contributed by atoms with Crippen molar-refractivity contribution in [2.75, 3.05) is 13.1 Å². The van der Waals surface area contributed by atoms with Gasteiger partial charge in [0.2, 0.25) is 0 Å². The van der Waals surface area contributed by atoms with Crippen LogP contribution in [0.4, 0.5) is 4.79 Å². The van der Waals surface area contributed by atoms with Gasteiger partial charge in [0.15, 0.2) is 0 Å². The van der Waals surface area contributed by atoms with Crippen molar-refractivity contribution >= 4 is 12.0 Å². The van der Waals surface area contributed by atoms with Crippen molar-refractivity contribution in [2.24, 2.45) is 0 Å². The molecule has 24 heavy (non-hydrogen) atoms. The summed E-state index contributed by atoms with van der Waals surface area (Å²) in [5.74, 6) is -0.0295. The van der Waals surface area contributed by atoms with E-state index < -0.39 is 11.7 Å². The molecule has 0 saturated carbocycles. The lowest BCUT2D eigenvalue weighted by molar-refractivity contribution is 0.0462. The minimum atomic E-state index is -0.528. The van der Waals surface area contributed by atoms with E-state index in [9.17, 15) is 9.59 Å². The average Bonchev–Trinajstić information content (AvgIpc) is 2.52. The molecule has 1 unspecified atom stereocenters. The van der Waals surface area contributed by atoms with Crippen LogP contribution in [0.1, 0.15) is 56.1 Å². The molecule has 6 nitrogen and oxygen atoms in total. The smallest absolute Gasteiger partial charge is 0.407 e. The second-order valence-corrected chi connectivity index (χ2v) is 7.22. The summed E-state index contributed by atoms with van der Waals surface area (Å²) in [6.07, 6.45) is 4.08. The Labute approximate surface area is 143 Å². The maximum absolute atomic E-state index is 12.7. The SMILES string of the molecule is Cc1ccc(C(=O)N2CCCCC2CNC(=O)OC(C)(C)C)cn1. The number of aryl methyl sites for hydroxylation is 1. The van der Waals surface area contributed by atoms with Gasteiger partial charge in [-0.15, -0.1) is 0 Å². The molecule has 0 aromatic carbocycles. The summed E-state index contributed by atoms with van der Waals surface area (Å²) in [6, 6.07) is 3.63. The highest BCUT2D eigenvalue weighted by molar-refractivity contribution is 5.94. The van der Waals surface area contributed by atoms with Gasteiger partial charge >= 0.3 is 6.09 Å². The number of alkyl carbamates (subject to hydrolysis) is 1. The highest BCUT2D eigenvalue weighted by atomic mass is 16.6. The van der Waals surface area contributed by atoms with Gasteiger partial charge in [-0.05, 0) is 59.1 Å². The number of aromatic nitrogens is 1. The Morgan fingerprint density at radius 2 is 2.08 bits per heavy atom. The number of nitrogens with one attached hydrogen (secondary N) is 1. The summed E-state index contributed by atoms with van der Waals surface area (Å²) in [6.45, 7) is 8.48. The van der Waals surface area contributed by atoms with Crippen molar-refractivity contribution in [1.29, 1.82) is 0 Å². The molecule has 1 N–H and O–H groups in total. The molecule has 2 heterocycles. The molecule has 6 heteroatoms. The Morgan fingerprint density at radius 1 is 1.33 bits per heavy atom. The molecular weight excluding hydrogens is 306 g/mol. The molecule has 1 saturated heterocycles. The molecule has 2 rings (SSSR count). The second-order valence-electron chi connectivity index (χ2n) is 7.22. The predicted molar refractivity (Wildman–Crippen MR) is 91.9 cm³/mol. The molecule has 2 amide bonds. The largest absolute Gasteiger partial charge is 0.444 e. The maximum atomic E-state index is 12.7. The third kappa shape index (κ3) is 5.22.